The van der Waals surface area contributed by atoms with Gasteiger partial charge in [0.05, 0.1) is 5.56 Å². The Morgan fingerprint density at radius 2 is 1.62 bits per heavy atom. The Morgan fingerprint density at radius 1 is 0.923 bits per heavy atom. The fourth-order valence-corrected chi connectivity index (χ4v) is 2.36. The maximum atomic E-state index is 13.1. The predicted octanol–water partition coefficient (Wildman–Crippen LogP) is 5.38. The van der Waals surface area contributed by atoms with E-state index in [4.69, 9.17) is 4.74 Å². The van der Waals surface area contributed by atoms with Crippen LogP contribution in [0, 0.1) is 0 Å². The summed E-state index contributed by atoms with van der Waals surface area (Å²) in [7, 11) is 0. The van der Waals surface area contributed by atoms with Crippen LogP contribution in [-0.2, 0) is 6.18 Å². The van der Waals surface area contributed by atoms with Gasteiger partial charge in [0.25, 0.3) is 0 Å². The third kappa shape index (κ3) is 4.18. The summed E-state index contributed by atoms with van der Waals surface area (Å²) < 4.78 is 44.3. The molecule has 132 valence electrons. The van der Waals surface area contributed by atoms with Gasteiger partial charge in [-0.3, -0.25) is 5.32 Å². The number of halogens is 3. The summed E-state index contributed by atoms with van der Waals surface area (Å²) >= 11 is 0. The normalized spacial score (nSPS) is 11.0. The van der Waals surface area contributed by atoms with E-state index in [2.05, 4.69) is 10.3 Å². The molecule has 0 spiro atoms. The SMILES string of the molecule is O=C(Nc1ccc(-c2ccccc2C(F)(F)F)cc1)Oc1ccccn1. The molecule has 0 fully saturated rings. The standard InChI is InChI=1S/C19H13F3N2O2/c20-19(21,22)16-6-2-1-5-15(16)13-8-10-14(11-9-13)24-18(25)26-17-7-3-4-12-23-17/h1-12H,(H,24,25). The Hall–Kier alpha value is -3.35. The Balaban J connectivity index is 1.74. The fourth-order valence-electron chi connectivity index (χ4n) is 2.36. The van der Waals surface area contributed by atoms with Gasteiger partial charge >= 0.3 is 12.3 Å². The number of amides is 1. The largest absolute Gasteiger partial charge is 0.418 e. The third-order valence-electron chi connectivity index (χ3n) is 3.51. The number of nitrogens with zero attached hydrogens (tertiary/aromatic N) is 1. The number of carbonyl (C=O) groups is 1. The molecule has 7 heteroatoms. The molecule has 4 nitrogen and oxygen atoms in total. The molecule has 0 saturated heterocycles. The number of aromatic nitrogens is 1. The summed E-state index contributed by atoms with van der Waals surface area (Å²) in [4.78, 5) is 15.7. The molecule has 0 aliphatic heterocycles. The predicted molar refractivity (Wildman–Crippen MR) is 90.8 cm³/mol. The second-order valence-electron chi connectivity index (χ2n) is 5.30. The monoisotopic (exact) mass is 358 g/mol. The molecular formula is C19H13F3N2O2. The van der Waals surface area contributed by atoms with Gasteiger partial charge in [-0.2, -0.15) is 13.2 Å². The number of rotatable bonds is 3. The minimum Gasteiger partial charge on any atom is -0.391 e. The zero-order valence-electron chi connectivity index (χ0n) is 13.3. The summed E-state index contributed by atoms with van der Waals surface area (Å²) in [5.74, 6) is 0.140. The Kier molecular flexibility index (Phi) is 4.88. The van der Waals surface area contributed by atoms with E-state index >= 15 is 0 Å². The first-order valence-corrected chi connectivity index (χ1v) is 7.60. The van der Waals surface area contributed by atoms with Crippen molar-refractivity contribution in [3.8, 4) is 17.0 Å². The summed E-state index contributed by atoms with van der Waals surface area (Å²) in [6, 6.07) is 16.2. The maximum absolute atomic E-state index is 13.1. The molecular weight excluding hydrogens is 345 g/mol. The summed E-state index contributed by atoms with van der Waals surface area (Å²) in [6.07, 6.45) is -3.71. The molecule has 0 radical (unpaired) electrons. The molecule has 0 bridgehead atoms. The molecule has 1 heterocycles. The minimum absolute atomic E-state index is 0.0719. The van der Waals surface area contributed by atoms with Crippen molar-refractivity contribution in [2.45, 2.75) is 6.18 Å². The van der Waals surface area contributed by atoms with Gasteiger partial charge in [0, 0.05) is 18.0 Å². The number of pyridine rings is 1. The highest BCUT2D eigenvalue weighted by molar-refractivity contribution is 5.86. The van der Waals surface area contributed by atoms with E-state index in [1.54, 1.807) is 18.2 Å². The lowest BCUT2D eigenvalue weighted by molar-refractivity contribution is -0.137. The van der Waals surface area contributed by atoms with E-state index in [9.17, 15) is 18.0 Å². The molecule has 2 aromatic carbocycles. The second-order valence-corrected chi connectivity index (χ2v) is 5.30. The summed E-state index contributed by atoms with van der Waals surface area (Å²) in [6.45, 7) is 0. The van der Waals surface area contributed by atoms with Crippen molar-refractivity contribution < 1.29 is 22.7 Å². The van der Waals surface area contributed by atoms with Gasteiger partial charge in [0.15, 0.2) is 0 Å². The van der Waals surface area contributed by atoms with Crippen molar-refractivity contribution in [1.29, 1.82) is 0 Å². The fraction of sp³-hybridized carbons (Fsp3) is 0.0526. The van der Waals surface area contributed by atoms with Crippen molar-refractivity contribution in [2.75, 3.05) is 5.32 Å². The van der Waals surface area contributed by atoms with E-state index in [1.165, 1.54) is 48.7 Å². The first kappa shape index (κ1) is 17.5. The first-order chi connectivity index (χ1) is 12.4. The molecule has 1 aromatic heterocycles. The van der Waals surface area contributed by atoms with Crippen LogP contribution >= 0.6 is 0 Å². The molecule has 0 atom stereocenters. The number of alkyl halides is 3. The molecule has 0 saturated carbocycles. The number of hydrogen-bond donors (Lipinski definition) is 1. The average molecular weight is 358 g/mol. The lowest BCUT2D eigenvalue weighted by Gasteiger charge is -2.13. The zero-order chi connectivity index (χ0) is 18.6. The van der Waals surface area contributed by atoms with Crippen LogP contribution in [0.2, 0.25) is 0 Å². The average Bonchev–Trinajstić information content (AvgIpc) is 2.62. The molecule has 1 amide bonds. The van der Waals surface area contributed by atoms with Crippen LogP contribution in [0.3, 0.4) is 0 Å². The molecule has 3 aromatic rings. The van der Waals surface area contributed by atoms with Crippen LogP contribution in [0.15, 0.2) is 72.9 Å². The highest BCUT2D eigenvalue weighted by Gasteiger charge is 2.33. The first-order valence-electron chi connectivity index (χ1n) is 7.60. The number of benzene rings is 2. The van der Waals surface area contributed by atoms with E-state index in [-0.39, 0.29) is 11.4 Å². The van der Waals surface area contributed by atoms with Crippen LogP contribution in [0.25, 0.3) is 11.1 Å². The Labute approximate surface area is 147 Å². The molecule has 1 N–H and O–H groups in total. The van der Waals surface area contributed by atoms with Gasteiger partial charge in [0.2, 0.25) is 5.88 Å². The number of hydrogen-bond acceptors (Lipinski definition) is 3. The highest BCUT2D eigenvalue weighted by atomic mass is 19.4. The molecule has 3 rings (SSSR count). The number of carbonyl (C=O) groups excluding carboxylic acids is 1. The van der Waals surface area contributed by atoms with E-state index < -0.39 is 17.8 Å². The Morgan fingerprint density at radius 3 is 2.27 bits per heavy atom. The van der Waals surface area contributed by atoms with Crippen molar-refractivity contribution in [2.24, 2.45) is 0 Å². The lowest BCUT2D eigenvalue weighted by atomic mass is 9.99. The molecule has 0 aliphatic rings. The molecule has 26 heavy (non-hydrogen) atoms. The second kappa shape index (κ2) is 7.26. The summed E-state index contributed by atoms with van der Waals surface area (Å²) in [5.41, 5.74) is 0.138. The highest BCUT2D eigenvalue weighted by Crippen LogP contribution is 2.37. The van der Waals surface area contributed by atoms with Gasteiger partial charge in [-0.1, -0.05) is 36.4 Å². The van der Waals surface area contributed by atoms with Crippen molar-refractivity contribution in [3.05, 3.63) is 78.5 Å². The van der Waals surface area contributed by atoms with Crippen LogP contribution in [0.5, 0.6) is 5.88 Å². The van der Waals surface area contributed by atoms with Gasteiger partial charge in [-0.25, -0.2) is 9.78 Å². The smallest absolute Gasteiger partial charge is 0.391 e. The zero-order valence-corrected chi connectivity index (χ0v) is 13.3. The van der Waals surface area contributed by atoms with E-state index in [0.29, 0.717) is 11.3 Å². The molecule has 0 unspecified atom stereocenters. The lowest BCUT2D eigenvalue weighted by Crippen LogP contribution is -2.17. The van der Waals surface area contributed by atoms with Gasteiger partial charge in [-0.05, 0) is 35.4 Å². The molecule has 0 aliphatic carbocycles. The topological polar surface area (TPSA) is 51.2 Å². The number of anilines is 1. The van der Waals surface area contributed by atoms with E-state index in [1.807, 2.05) is 0 Å². The maximum Gasteiger partial charge on any atom is 0.418 e. The van der Waals surface area contributed by atoms with Crippen LogP contribution < -0.4 is 10.1 Å². The van der Waals surface area contributed by atoms with E-state index in [0.717, 1.165) is 6.07 Å². The number of nitrogens with one attached hydrogen (secondary N) is 1. The minimum atomic E-state index is -4.44. The van der Waals surface area contributed by atoms with Gasteiger partial charge in [-0.15, -0.1) is 0 Å². The van der Waals surface area contributed by atoms with Crippen molar-refractivity contribution in [1.82, 2.24) is 4.98 Å². The van der Waals surface area contributed by atoms with Crippen LogP contribution in [-0.4, -0.2) is 11.1 Å². The van der Waals surface area contributed by atoms with Crippen molar-refractivity contribution in [3.63, 3.8) is 0 Å². The quantitative estimate of drug-likeness (QED) is 0.684. The Bertz CT molecular complexity index is 895. The van der Waals surface area contributed by atoms with Gasteiger partial charge in [0.1, 0.15) is 0 Å². The van der Waals surface area contributed by atoms with Crippen LogP contribution in [0.4, 0.5) is 23.7 Å². The van der Waals surface area contributed by atoms with Crippen molar-refractivity contribution >= 4 is 11.8 Å². The summed E-state index contributed by atoms with van der Waals surface area (Å²) in [5, 5.41) is 2.49. The van der Waals surface area contributed by atoms with Gasteiger partial charge < -0.3 is 4.74 Å². The van der Waals surface area contributed by atoms with Crippen LogP contribution in [0.1, 0.15) is 5.56 Å². The third-order valence-corrected chi connectivity index (χ3v) is 3.51. The number of ether oxygens (including phenoxy) is 1.